The van der Waals surface area contributed by atoms with Gasteiger partial charge in [0.2, 0.25) is 0 Å². The van der Waals surface area contributed by atoms with Crippen LogP contribution >= 0.6 is 11.6 Å². The van der Waals surface area contributed by atoms with Crippen LogP contribution in [0.5, 0.6) is 0 Å². The third-order valence-electron chi connectivity index (χ3n) is 6.40. The Bertz CT molecular complexity index is 1200. The van der Waals surface area contributed by atoms with Crippen molar-refractivity contribution in [3.8, 4) is 0 Å². The van der Waals surface area contributed by atoms with Gasteiger partial charge in [-0.05, 0) is 43.5 Å². The number of benzene rings is 2. The van der Waals surface area contributed by atoms with Gasteiger partial charge < -0.3 is 10.2 Å². The van der Waals surface area contributed by atoms with Crippen molar-refractivity contribution in [2.45, 2.75) is 51.6 Å². The number of halogens is 1. The molecule has 0 bridgehead atoms. The molecule has 1 aromatic heterocycles. The second-order valence-corrected chi connectivity index (χ2v) is 8.90. The fourth-order valence-corrected chi connectivity index (χ4v) is 5.10. The minimum absolute atomic E-state index is 0.0601. The van der Waals surface area contributed by atoms with Gasteiger partial charge in [0.05, 0.1) is 21.8 Å². The average Bonchev–Trinajstić information content (AvgIpc) is 3.10. The predicted octanol–water partition coefficient (Wildman–Crippen LogP) is 5.74. The zero-order chi connectivity index (χ0) is 21.5. The van der Waals surface area contributed by atoms with Crippen molar-refractivity contribution in [3.63, 3.8) is 0 Å². The third-order valence-corrected chi connectivity index (χ3v) is 6.71. The number of aromatic nitrogens is 1. The Kier molecular flexibility index (Phi) is 5.14. The standard InChI is InChI=1S/C25H24ClN3O2/c1-15-11-12-21(19(26)13-15)28-24(30)22-17-9-5-6-10-20(17)27-23-18(22)14-29(25(23)31)16-7-3-2-4-8-16/h5-6,9-13,16H,2-4,7-8,14H2,1H3,(H,28,30). The number of hydrogen-bond donors (Lipinski definition) is 1. The van der Waals surface area contributed by atoms with Crippen LogP contribution < -0.4 is 5.32 Å². The first-order valence-corrected chi connectivity index (χ1v) is 11.2. The van der Waals surface area contributed by atoms with Crippen molar-refractivity contribution in [2.24, 2.45) is 0 Å². The number of amides is 2. The van der Waals surface area contributed by atoms with Gasteiger partial charge in [-0.1, -0.05) is 55.1 Å². The molecule has 158 valence electrons. The number of pyridine rings is 1. The predicted molar refractivity (Wildman–Crippen MR) is 123 cm³/mol. The molecule has 2 heterocycles. The van der Waals surface area contributed by atoms with E-state index < -0.39 is 0 Å². The number of nitrogens with one attached hydrogen (secondary N) is 1. The zero-order valence-corrected chi connectivity index (χ0v) is 18.2. The maximum absolute atomic E-state index is 13.5. The lowest BCUT2D eigenvalue weighted by molar-refractivity contribution is 0.0655. The summed E-state index contributed by atoms with van der Waals surface area (Å²) >= 11 is 6.36. The van der Waals surface area contributed by atoms with E-state index in [4.69, 9.17) is 11.6 Å². The third kappa shape index (κ3) is 3.57. The molecule has 5 nitrogen and oxygen atoms in total. The van der Waals surface area contributed by atoms with Crippen molar-refractivity contribution < 1.29 is 9.59 Å². The van der Waals surface area contributed by atoms with Crippen molar-refractivity contribution in [3.05, 3.63) is 69.9 Å². The second kappa shape index (κ2) is 7.97. The van der Waals surface area contributed by atoms with E-state index in [1.165, 1.54) is 6.42 Å². The zero-order valence-electron chi connectivity index (χ0n) is 17.5. The van der Waals surface area contributed by atoms with Crippen LogP contribution in [0.4, 0.5) is 5.69 Å². The van der Waals surface area contributed by atoms with E-state index in [1.54, 1.807) is 6.07 Å². The Hall–Kier alpha value is -2.92. The maximum Gasteiger partial charge on any atom is 0.273 e. The molecule has 0 spiro atoms. The highest BCUT2D eigenvalue weighted by Gasteiger charge is 2.38. The molecule has 0 saturated heterocycles. The Balaban J connectivity index is 1.58. The summed E-state index contributed by atoms with van der Waals surface area (Å²) in [5, 5.41) is 4.20. The first-order valence-electron chi connectivity index (χ1n) is 10.8. The minimum Gasteiger partial charge on any atom is -0.330 e. The van der Waals surface area contributed by atoms with E-state index in [0.29, 0.717) is 34.0 Å². The Morgan fingerprint density at radius 2 is 1.90 bits per heavy atom. The van der Waals surface area contributed by atoms with Gasteiger partial charge in [0.1, 0.15) is 5.69 Å². The topological polar surface area (TPSA) is 62.3 Å². The van der Waals surface area contributed by atoms with Gasteiger partial charge in [-0.15, -0.1) is 0 Å². The van der Waals surface area contributed by atoms with Crippen LogP contribution in [0.25, 0.3) is 10.9 Å². The first kappa shape index (κ1) is 20.0. The van der Waals surface area contributed by atoms with Gasteiger partial charge in [0.15, 0.2) is 0 Å². The number of aryl methyl sites for hydroxylation is 1. The molecule has 1 N–H and O–H groups in total. The number of rotatable bonds is 3. The summed E-state index contributed by atoms with van der Waals surface area (Å²) in [4.78, 5) is 33.3. The van der Waals surface area contributed by atoms with Gasteiger partial charge in [-0.25, -0.2) is 4.98 Å². The summed E-state index contributed by atoms with van der Waals surface area (Å²) in [7, 11) is 0. The van der Waals surface area contributed by atoms with Gasteiger partial charge >= 0.3 is 0 Å². The minimum atomic E-state index is -0.265. The van der Waals surface area contributed by atoms with Crippen LogP contribution in [0.1, 0.15) is 64.1 Å². The average molecular weight is 434 g/mol. The summed E-state index contributed by atoms with van der Waals surface area (Å²) in [6.45, 7) is 2.38. The lowest BCUT2D eigenvalue weighted by Gasteiger charge is -2.30. The lowest BCUT2D eigenvalue weighted by Crippen LogP contribution is -2.37. The van der Waals surface area contributed by atoms with E-state index in [2.05, 4.69) is 10.3 Å². The largest absolute Gasteiger partial charge is 0.330 e. The van der Waals surface area contributed by atoms with Gasteiger partial charge in [-0.3, -0.25) is 9.59 Å². The summed E-state index contributed by atoms with van der Waals surface area (Å²) in [5.41, 5.74) is 3.87. The van der Waals surface area contributed by atoms with Gasteiger partial charge in [0, 0.05) is 23.5 Å². The monoisotopic (exact) mass is 433 g/mol. The van der Waals surface area contributed by atoms with Crippen molar-refractivity contribution >= 4 is 40.0 Å². The molecule has 0 atom stereocenters. The fraction of sp³-hybridized carbons (Fsp3) is 0.320. The molecule has 1 aliphatic carbocycles. The molecular formula is C25H24ClN3O2. The molecule has 2 amide bonds. The van der Waals surface area contributed by atoms with Crippen molar-refractivity contribution in [2.75, 3.05) is 5.32 Å². The van der Waals surface area contributed by atoms with Crippen LogP contribution in [0, 0.1) is 6.92 Å². The molecule has 6 heteroatoms. The molecular weight excluding hydrogens is 410 g/mol. The van der Waals surface area contributed by atoms with Crippen LogP contribution in [0.3, 0.4) is 0 Å². The van der Waals surface area contributed by atoms with E-state index in [9.17, 15) is 9.59 Å². The smallest absolute Gasteiger partial charge is 0.273 e. The molecule has 5 rings (SSSR count). The van der Waals surface area contributed by atoms with Crippen molar-refractivity contribution in [1.82, 2.24) is 9.88 Å². The van der Waals surface area contributed by atoms with Crippen molar-refractivity contribution in [1.29, 1.82) is 0 Å². The highest BCUT2D eigenvalue weighted by molar-refractivity contribution is 6.34. The molecule has 0 radical (unpaired) electrons. The summed E-state index contributed by atoms with van der Waals surface area (Å²) in [6.07, 6.45) is 5.52. The fourth-order valence-electron chi connectivity index (χ4n) is 4.81. The first-order chi connectivity index (χ1) is 15.0. The molecule has 0 unspecified atom stereocenters. The molecule has 1 saturated carbocycles. The normalized spacial score (nSPS) is 16.6. The molecule has 31 heavy (non-hydrogen) atoms. The summed E-state index contributed by atoms with van der Waals surface area (Å²) < 4.78 is 0. The second-order valence-electron chi connectivity index (χ2n) is 8.49. The Labute approximate surface area is 186 Å². The Morgan fingerprint density at radius 1 is 1.13 bits per heavy atom. The maximum atomic E-state index is 13.5. The SMILES string of the molecule is Cc1ccc(NC(=O)c2c3c(nc4ccccc24)C(=O)N(C2CCCCC2)C3)c(Cl)c1. The van der Waals surface area contributed by atoms with E-state index in [-0.39, 0.29) is 17.9 Å². The number of carbonyl (C=O) groups excluding carboxylic acids is 2. The van der Waals surface area contributed by atoms with E-state index in [1.807, 2.05) is 48.2 Å². The van der Waals surface area contributed by atoms with Gasteiger partial charge in [-0.2, -0.15) is 0 Å². The molecule has 1 aliphatic heterocycles. The van der Waals surface area contributed by atoms with Crippen LogP contribution in [0.15, 0.2) is 42.5 Å². The van der Waals surface area contributed by atoms with Crippen LogP contribution in [-0.2, 0) is 6.54 Å². The van der Waals surface area contributed by atoms with Crippen LogP contribution in [-0.4, -0.2) is 27.7 Å². The highest BCUT2D eigenvalue weighted by atomic mass is 35.5. The van der Waals surface area contributed by atoms with Crippen LogP contribution in [0.2, 0.25) is 5.02 Å². The molecule has 2 aromatic carbocycles. The number of carbonyl (C=O) groups is 2. The molecule has 1 fully saturated rings. The molecule has 2 aliphatic rings. The number of hydrogen-bond acceptors (Lipinski definition) is 3. The van der Waals surface area contributed by atoms with Gasteiger partial charge in [0.25, 0.3) is 11.8 Å². The number of nitrogens with zero attached hydrogens (tertiary/aromatic N) is 2. The highest BCUT2D eigenvalue weighted by Crippen LogP contribution is 2.35. The number of anilines is 1. The van der Waals surface area contributed by atoms with E-state index in [0.717, 1.165) is 42.2 Å². The molecule has 3 aromatic rings. The Morgan fingerprint density at radius 3 is 2.68 bits per heavy atom. The van der Waals surface area contributed by atoms with E-state index >= 15 is 0 Å². The quantitative estimate of drug-likeness (QED) is 0.573. The number of fused-ring (bicyclic) bond motifs is 2. The summed E-state index contributed by atoms with van der Waals surface area (Å²) in [5.74, 6) is -0.325. The number of para-hydroxylation sites is 1. The summed E-state index contributed by atoms with van der Waals surface area (Å²) in [6, 6.07) is 13.3. The lowest BCUT2D eigenvalue weighted by atomic mass is 9.94.